The van der Waals surface area contributed by atoms with E-state index in [1.54, 1.807) is 6.92 Å². The van der Waals surface area contributed by atoms with Gasteiger partial charge in [0.1, 0.15) is 11.4 Å². The topological polar surface area (TPSA) is 91.8 Å². The molecule has 124 valence electrons. The number of aromatic nitrogens is 2. The van der Waals surface area contributed by atoms with Crippen LogP contribution in [-0.4, -0.2) is 27.4 Å². The van der Waals surface area contributed by atoms with E-state index in [4.69, 9.17) is 4.42 Å². The summed E-state index contributed by atoms with van der Waals surface area (Å²) in [6.07, 6.45) is 1.92. The van der Waals surface area contributed by atoms with Crippen LogP contribution in [-0.2, 0) is 4.79 Å². The van der Waals surface area contributed by atoms with Crippen LogP contribution >= 0.6 is 11.8 Å². The highest BCUT2D eigenvalue weighted by molar-refractivity contribution is 7.99. The molecule has 1 amide bonds. The Morgan fingerprint density at radius 3 is 2.79 bits per heavy atom. The first-order valence-corrected chi connectivity index (χ1v) is 8.43. The molecule has 0 bridgehead atoms. The highest BCUT2D eigenvalue weighted by Crippen LogP contribution is 2.39. The molecule has 1 fully saturated rings. The van der Waals surface area contributed by atoms with E-state index in [0.29, 0.717) is 5.56 Å². The molecule has 1 aliphatic rings. The first-order valence-electron chi connectivity index (χ1n) is 7.45. The van der Waals surface area contributed by atoms with Gasteiger partial charge in [0.25, 0.3) is 5.22 Å². The normalized spacial score (nSPS) is 16.2. The Morgan fingerprint density at radius 1 is 1.46 bits per heavy atom. The van der Waals surface area contributed by atoms with Gasteiger partial charge in [0.2, 0.25) is 11.8 Å². The zero-order valence-corrected chi connectivity index (χ0v) is 13.8. The lowest BCUT2D eigenvalue weighted by molar-refractivity contribution is -0.119. The van der Waals surface area contributed by atoms with Gasteiger partial charge in [-0.3, -0.25) is 4.79 Å². The molecule has 0 aliphatic heterocycles. The van der Waals surface area contributed by atoms with Crippen LogP contribution in [0.5, 0.6) is 0 Å². The van der Waals surface area contributed by atoms with Gasteiger partial charge in [-0.25, -0.2) is 4.39 Å². The van der Waals surface area contributed by atoms with E-state index in [1.165, 1.54) is 24.3 Å². The Kier molecular flexibility index (Phi) is 4.53. The van der Waals surface area contributed by atoms with Crippen molar-refractivity contribution in [1.82, 2.24) is 15.5 Å². The maximum atomic E-state index is 12.9. The number of carbonyl (C=O) groups excluding carboxylic acids is 1. The summed E-state index contributed by atoms with van der Waals surface area (Å²) in [4.78, 5) is 12.0. The van der Waals surface area contributed by atoms with E-state index >= 15 is 0 Å². The van der Waals surface area contributed by atoms with Crippen LogP contribution in [0, 0.1) is 23.1 Å². The van der Waals surface area contributed by atoms with Crippen LogP contribution in [0.15, 0.2) is 33.9 Å². The molecule has 6 nitrogen and oxygen atoms in total. The van der Waals surface area contributed by atoms with E-state index in [0.717, 1.165) is 24.6 Å². The van der Waals surface area contributed by atoms with Gasteiger partial charge < -0.3 is 9.73 Å². The first-order chi connectivity index (χ1) is 11.5. The third kappa shape index (κ3) is 3.74. The smallest absolute Gasteiger partial charge is 0.277 e. The predicted octanol–water partition coefficient (Wildman–Crippen LogP) is 2.78. The van der Waals surface area contributed by atoms with Crippen molar-refractivity contribution in [3.8, 4) is 17.5 Å². The number of rotatable bonds is 6. The van der Waals surface area contributed by atoms with Crippen LogP contribution in [0.25, 0.3) is 11.5 Å². The zero-order valence-electron chi connectivity index (χ0n) is 13.0. The maximum Gasteiger partial charge on any atom is 0.277 e. The second kappa shape index (κ2) is 6.61. The highest BCUT2D eigenvalue weighted by Gasteiger charge is 2.42. The SMILES string of the molecule is C[C@@](C#N)(NC(=O)CSc1nnc(-c2ccc(F)cc2)o1)C1CC1. The lowest BCUT2D eigenvalue weighted by Crippen LogP contribution is -2.47. The summed E-state index contributed by atoms with van der Waals surface area (Å²) >= 11 is 1.09. The number of thioether (sulfide) groups is 1. The zero-order chi connectivity index (χ0) is 17.2. The molecule has 0 saturated heterocycles. The third-order valence-corrected chi connectivity index (χ3v) is 4.67. The van der Waals surface area contributed by atoms with E-state index in [9.17, 15) is 14.4 Å². The number of benzene rings is 1. The molecule has 1 aromatic carbocycles. The van der Waals surface area contributed by atoms with E-state index in [2.05, 4.69) is 21.6 Å². The standard InChI is InChI=1S/C16H15FN4O2S/c1-16(9-18,11-4-5-11)19-13(22)8-24-15-21-20-14(23-15)10-2-6-12(17)7-3-10/h2-3,6-7,11H,4-5,8H2,1H3,(H,19,22)/t16-/m0/s1. The van der Waals surface area contributed by atoms with Crippen LogP contribution in [0.2, 0.25) is 0 Å². The Balaban J connectivity index is 1.56. The molecule has 0 radical (unpaired) electrons. The van der Waals surface area contributed by atoms with Crippen molar-refractivity contribution in [2.75, 3.05) is 5.75 Å². The molecule has 3 rings (SSSR count). The van der Waals surface area contributed by atoms with E-state index in [-0.39, 0.29) is 34.5 Å². The molecule has 1 heterocycles. The number of carbonyl (C=O) groups is 1. The van der Waals surface area contributed by atoms with Gasteiger partial charge in [0.15, 0.2) is 0 Å². The van der Waals surface area contributed by atoms with Gasteiger partial charge in [0, 0.05) is 5.56 Å². The van der Waals surface area contributed by atoms with Crippen molar-refractivity contribution in [3.63, 3.8) is 0 Å². The van der Waals surface area contributed by atoms with Crippen molar-refractivity contribution < 1.29 is 13.6 Å². The molecule has 1 aliphatic carbocycles. The largest absolute Gasteiger partial charge is 0.411 e. The van der Waals surface area contributed by atoms with Crippen LogP contribution in [0.1, 0.15) is 19.8 Å². The second-order valence-corrected chi connectivity index (χ2v) is 6.73. The minimum atomic E-state index is -0.814. The summed E-state index contributed by atoms with van der Waals surface area (Å²) in [6.45, 7) is 1.74. The molecule has 8 heteroatoms. The molecule has 1 N–H and O–H groups in total. The van der Waals surface area contributed by atoms with Gasteiger partial charge in [-0.05, 0) is 49.9 Å². The fourth-order valence-electron chi connectivity index (χ4n) is 2.31. The van der Waals surface area contributed by atoms with Gasteiger partial charge in [-0.2, -0.15) is 5.26 Å². The van der Waals surface area contributed by atoms with Gasteiger partial charge >= 0.3 is 0 Å². The molecular weight excluding hydrogens is 331 g/mol. The van der Waals surface area contributed by atoms with Crippen LogP contribution < -0.4 is 5.32 Å². The summed E-state index contributed by atoms with van der Waals surface area (Å²) in [5.41, 5.74) is -0.211. The minimum absolute atomic E-state index is 0.0784. The van der Waals surface area contributed by atoms with Gasteiger partial charge in [-0.1, -0.05) is 11.8 Å². The van der Waals surface area contributed by atoms with Crippen molar-refractivity contribution in [2.45, 2.75) is 30.5 Å². The minimum Gasteiger partial charge on any atom is -0.411 e. The summed E-state index contributed by atoms with van der Waals surface area (Å²) in [7, 11) is 0. The van der Waals surface area contributed by atoms with Crippen molar-refractivity contribution in [1.29, 1.82) is 5.26 Å². The number of halogens is 1. The van der Waals surface area contributed by atoms with E-state index < -0.39 is 5.54 Å². The monoisotopic (exact) mass is 346 g/mol. The summed E-state index contributed by atoms with van der Waals surface area (Å²) in [6, 6.07) is 7.87. The Hall–Kier alpha value is -2.40. The quantitative estimate of drug-likeness (QED) is 0.809. The first kappa shape index (κ1) is 16.5. The van der Waals surface area contributed by atoms with Gasteiger partial charge in [0.05, 0.1) is 11.8 Å². The number of amides is 1. The molecule has 1 atom stereocenters. The molecule has 0 spiro atoms. The summed E-state index contributed by atoms with van der Waals surface area (Å²) in [5.74, 6) is -0.0319. The van der Waals surface area contributed by atoms with Crippen LogP contribution in [0.3, 0.4) is 0 Å². The number of nitrogens with one attached hydrogen (secondary N) is 1. The average Bonchev–Trinajstić information content (AvgIpc) is 3.33. The fourth-order valence-corrected chi connectivity index (χ4v) is 2.88. The predicted molar refractivity (Wildman–Crippen MR) is 85.3 cm³/mol. The Bertz CT molecular complexity index is 782. The molecule has 0 unspecified atom stereocenters. The lowest BCUT2D eigenvalue weighted by atomic mass is 9.98. The van der Waals surface area contributed by atoms with Gasteiger partial charge in [-0.15, -0.1) is 10.2 Å². The maximum absolute atomic E-state index is 12.9. The van der Waals surface area contributed by atoms with Crippen molar-refractivity contribution >= 4 is 17.7 Å². The number of hydrogen-bond donors (Lipinski definition) is 1. The lowest BCUT2D eigenvalue weighted by Gasteiger charge is -2.22. The molecular formula is C16H15FN4O2S. The average molecular weight is 346 g/mol. The van der Waals surface area contributed by atoms with Crippen molar-refractivity contribution in [2.24, 2.45) is 5.92 Å². The summed E-state index contributed by atoms with van der Waals surface area (Å²) in [5, 5.41) is 20.0. The Labute approximate surface area is 142 Å². The number of nitriles is 1. The number of nitrogens with zero attached hydrogens (tertiary/aromatic N) is 3. The Morgan fingerprint density at radius 2 is 2.17 bits per heavy atom. The molecule has 24 heavy (non-hydrogen) atoms. The third-order valence-electron chi connectivity index (χ3n) is 3.85. The molecule has 2 aromatic rings. The highest BCUT2D eigenvalue weighted by atomic mass is 32.2. The van der Waals surface area contributed by atoms with Crippen molar-refractivity contribution in [3.05, 3.63) is 30.1 Å². The molecule has 1 aromatic heterocycles. The van der Waals surface area contributed by atoms with E-state index in [1.807, 2.05) is 0 Å². The van der Waals surface area contributed by atoms with Crippen LogP contribution in [0.4, 0.5) is 4.39 Å². The second-order valence-electron chi connectivity index (χ2n) is 5.81. The number of hydrogen-bond acceptors (Lipinski definition) is 6. The summed E-state index contributed by atoms with van der Waals surface area (Å²) < 4.78 is 18.4. The molecule has 1 saturated carbocycles. The fraction of sp³-hybridized carbons (Fsp3) is 0.375.